The lowest BCUT2D eigenvalue weighted by atomic mass is 10.1. The van der Waals surface area contributed by atoms with Gasteiger partial charge in [-0.3, -0.25) is 19.4 Å². The second-order valence-electron chi connectivity index (χ2n) is 8.00. The number of nitrogens with zero attached hydrogens (tertiary/aromatic N) is 3. The molecule has 1 N–H and O–H groups in total. The summed E-state index contributed by atoms with van der Waals surface area (Å²) in [7, 11) is 0. The van der Waals surface area contributed by atoms with E-state index >= 15 is 0 Å². The highest BCUT2D eigenvalue weighted by atomic mass is 16.2. The van der Waals surface area contributed by atoms with E-state index in [1.54, 1.807) is 0 Å². The SMILES string of the molecule is Cc1cccc(CN2CCN(C(=O)CN3CC(=O)Nc4ccccc4C3)CC2)c1. The molecule has 1 fully saturated rings. The first-order valence-electron chi connectivity index (χ1n) is 10.2. The number of carbonyl (C=O) groups is 2. The molecule has 2 amide bonds. The lowest BCUT2D eigenvalue weighted by Gasteiger charge is -2.35. The molecule has 6 nitrogen and oxygen atoms in total. The molecule has 2 heterocycles. The van der Waals surface area contributed by atoms with Gasteiger partial charge in [0.1, 0.15) is 0 Å². The van der Waals surface area contributed by atoms with Crippen LogP contribution in [-0.4, -0.2) is 65.8 Å². The van der Waals surface area contributed by atoms with Crippen LogP contribution in [0, 0.1) is 6.92 Å². The first kappa shape index (κ1) is 19.6. The van der Waals surface area contributed by atoms with Crippen molar-refractivity contribution >= 4 is 17.5 Å². The smallest absolute Gasteiger partial charge is 0.238 e. The number of hydrogen-bond donors (Lipinski definition) is 1. The number of aryl methyl sites for hydroxylation is 1. The molecule has 0 spiro atoms. The van der Waals surface area contributed by atoms with Crippen molar-refractivity contribution in [2.75, 3.05) is 44.6 Å². The zero-order valence-electron chi connectivity index (χ0n) is 16.9. The fourth-order valence-electron chi connectivity index (χ4n) is 4.10. The summed E-state index contributed by atoms with van der Waals surface area (Å²) in [5.74, 6) is 0.0399. The minimum atomic E-state index is -0.0641. The van der Waals surface area contributed by atoms with Crippen LogP contribution in [0.15, 0.2) is 48.5 Å². The molecule has 0 unspecified atom stereocenters. The minimum absolute atomic E-state index is 0.0641. The van der Waals surface area contributed by atoms with Crippen LogP contribution in [0.5, 0.6) is 0 Å². The average molecular weight is 393 g/mol. The van der Waals surface area contributed by atoms with Crippen LogP contribution in [0.25, 0.3) is 0 Å². The number of fused-ring (bicyclic) bond motifs is 1. The monoisotopic (exact) mass is 392 g/mol. The molecule has 152 valence electrons. The Bertz CT molecular complexity index is 890. The highest BCUT2D eigenvalue weighted by Gasteiger charge is 2.25. The van der Waals surface area contributed by atoms with E-state index in [0.29, 0.717) is 6.54 Å². The highest BCUT2D eigenvalue weighted by Crippen LogP contribution is 2.20. The lowest BCUT2D eigenvalue weighted by molar-refractivity contribution is -0.134. The number of rotatable bonds is 4. The third-order valence-corrected chi connectivity index (χ3v) is 5.63. The number of anilines is 1. The maximum atomic E-state index is 12.8. The van der Waals surface area contributed by atoms with Crippen LogP contribution in [0.4, 0.5) is 5.69 Å². The van der Waals surface area contributed by atoms with Crippen LogP contribution in [0.3, 0.4) is 0 Å². The summed E-state index contributed by atoms with van der Waals surface area (Å²) >= 11 is 0. The Morgan fingerprint density at radius 3 is 2.55 bits per heavy atom. The van der Waals surface area contributed by atoms with Crippen molar-refractivity contribution in [3.05, 3.63) is 65.2 Å². The van der Waals surface area contributed by atoms with Gasteiger partial charge in [-0.2, -0.15) is 0 Å². The lowest BCUT2D eigenvalue weighted by Crippen LogP contribution is -2.51. The molecule has 2 aromatic carbocycles. The topological polar surface area (TPSA) is 55.9 Å². The molecule has 4 rings (SSSR count). The Kier molecular flexibility index (Phi) is 5.92. The van der Waals surface area contributed by atoms with E-state index in [1.165, 1.54) is 11.1 Å². The van der Waals surface area contributed by atoms with Gasteiger partial charge in [-0.1, -0.05) is 48.0 Å². The number of amides is 2. The van der Waals surface area contributed by atoms with Gasteiger partial charge < -0.3 is 10.2 Å². The van der Waals surface area contributed by atoms with Crippen molar-refractivity contribution in [1.82, 2.24) is 14.7 Å². The molecule has 6 heteroatoms. The largest absolute Gasteiger partial charge is 0.339 e. The molecule has 0 bridgehead atoms. The molecule has 0 atom stereocenters. The summed E-state index contributed by atoms with van der Waals surface area (Å²) in [6, 6.07) is 16.4. The van der Waals surface area contributed by atoms with Crippen molar-refractivity contribution in [2.24, 2.45) is 0 Å². The van der Waals surface area contributed by atoms with Gasteiger partial charge in [0.25, 0.3) is 0 Å². The Labute approximate surface area is 172 Å². The van der Waals surface area contributed by atoms with E-state index in [9.17, 15) is 9.59 Å². The Balaban J connectivity index is 1.30. The Hall–Kier alpha value is -2.70. The second kappa shape index (κ2) is 8.76. The molecule has 0 aromatic heterocycles. The van der Waals surface area contributed by atoms with Gasteiger partial charge in [0.15, 0.2) is 0 Å². The van der Waals surface area contributed by atoms with Crippen molar-refractivity contribution in [3.8, 4) is 0 Å². The van der Waals surface area contributed by atoms with Gasteiger partial charge in [0.2, 0.25) is 11.8 Å². The minimum Gasteiger partial charge on any atom is -0.339 e. The van der Waals surface area contributed by atoms with E-state index in [0.717, 1.165) is 44.0 Å². The summed E-state index contributed by atoms with van der Waals surface area (Å²) in [6.07, 6.45) is 0. The van der Waals surface area contributed by atoms with Crippen molar-refractivity contribution in [2.45, 2.75) is 20.0 Å². The fraction of sp³-hybridized carbons (Fsp3) is 0.391. The van der Waals surface area contributed by atoms with Gasteiger partial charge >= 0.3 is 0 Å². The number of benzene rings is 2. The van der Waals surface area contributed by atoms with E-state index in [2.05, 4.69) is 41.4 Å². The number of hydrogen-bond acceptors (Lipinski definition) is 4. The van der Waals surface area contributed by atoms with E-state index in [1.807, 2.05) is 34.1 Å². The van der Waals surface area contributed by atoms with Gasteiger partial charge in [0.05, 0.1) is 13.1 Å². The van der Waals surface area contributed by atoms with Crippen LogP contribution in [0.1, 0.15) is 16.7 Å². The van der Waals surface area contributed by atoms with Crippen molar-refractivity contribution in [3.63, 3.8) is 0 Å². The van der Waals surface area contributed by atoms with Gasteiger partial charge in [0, 0.05) is 45.0 Å². The van der Waals surface area contributed by atoms with Crippen molar-refractivity contribution in [1.29, 1.82) is 0 Å². The van der Waals surface area contributed by atoms with Crippen LogP contribution in [-0.2, 0) is 22.7 Å². The molecule has 0 saturated carbocycles. The highest BCUT2D eigenvalue weighted by molar-refractivity contribution is 5.94. The normalized spacial score (nSPS) is 18.1. The Morgan fingerprint density at radius 2 is 1.76 bits per heavy atom. The van der Waals surface area contributed by atoms with Gasteiger partial charge in [-0.15, -0.1) is 0 Å². The van der Waals surface area contributed by atoms with Crippen LogP contribution >= 0.6 is 0 Å². The molecular weight excluding hydrogens is 364 g/mol. The molecule has 2 aromatic rings. The maximum absolute atomic E-state index is 12.8. The third-order valence-electron chi connectivity index (χ3n) is 5.63. The van der Waals surface area contributed by atoms with E-state index in [-0.39, 0.29) is 24.9 Å². The van der Waals surface area contributed by atoms with E-state index < -0.39 is 0 Å². The summed E-state index contributed by atoms with van der Waals surface area (Å²) < 4.78 is 0. The summed E-state index contributed by atoms with van der Waals surface area (Å²) in [5.41, 5.74) is 4.49. The summed E-state index contributed by atoms with van der Waals surface area (Å²) in [4.78, 5) is 31.3. The van der Waals surface area contributed by atoms with Gasteiger partial charge in [-0.05, 0) is 24.1 Å². The fourth-order valence-corrected chi connectivity index (χ4v) is 4.10. The standard InChI is InChI=1S/C23H28N4O2/c1-18-5-4-6-19(13-18)14-25-9-11-27(12-10-25)23(29)17-26-15-20-7-2-3-8-21(20)24-22(28)16-26/h2-8,13H,9-12,14-17H2,1H3,(H,24,28). The molecule has 1 saturated heterocycles. The molecule has 29 heavy (non-hydrogen) atoms. The molecule has 0 aliphatic carbocycles. The molecule has 2 aliphatic rings. The molecular formula is C23H28N4O2. The quantitative estimate of drug-likeness (QED) is 0.866. The van der Waals surface area contributed by atoms with Crippen molar-refractivity contribution < 1.29 is 9.59 Å². The number of piperazine rings is 1. The maximum Gasteiger partial charge on any atom is 0.238 e. The zero-order valence-corrected chi connectivity index (χ0v) is 16.9. The zero-order chi connectivity index (χ0) is 20.2. The van der Waals surface area contributed by atoms with Crippen LogP contribution < -0.4 is 5.32 Å². The number of nitrogens with one attached hydrogen (secondary N) is 1. The summed E-state index contributed by atoms with van der Waals surface area (Å²) in [5, 5.41) is 2.93. The number of para-hydroxylation sites is 1. The average Bonchev–Trinajstić information content (AvgIpc) is 2.85. The number of carbonyl (C=O) groups excluding carboxylic acids is 2. The first-order chi connectivity index (χ1) is 14.1. The van der Waals surface area contributed by atoms with Crippen LogP contribution in [0.2, 0.25) is 0 Å². The van der Waals surface area contributed by atoms with Gasteiger partial charge in [-0.25, -0.2) is 0 Å². The molecule has 0 radical (unpaired) electrons. The first-order valence-corrected chi connectivity index (χ1v) is 10.2. The predicted molar refractivity (Wildman–Crippen MR) is 113 cm³/mol. The Morgan fingerprint density at radius 1 is 0.966 bits per heavy atom. The second-order valence-corrected chi connectivity index (χ2v) is 8.00. The predicted octanol–water partition coefficient (Wildman–Crippen LogP) is 2.09. The van der Waals surface area contributed by atoms with E-state index in [4.69, 9.17) is 0 Å². The third kappa shape index (κ3) is 5.02. The molecule has 2 aliphatic heterocycles. The summed E-state index contributed by atoms with van der Waals surface area (Å²) in [6.45, 7) is 7.39.